The molecular formula is C26H24N2O3. The number of rotatable bonds is 3. The number of hydrogen-bond donors (Lipinski definition) is 3. The number of methoxy groups -OCH3 is 1. The molecule has 1 aliphatic heterocycles. The summed E-state index contributed by atoms with van der Waals surface area (Å²) in [5.74, 6) is 1.20. The topological polar surface area (TPSA) is 70.6 Å². The average Bonchev–Trinajstić information content (AvgIpc) is 2.96. The lowest BCUT2D eigenvalue weighted by Crippen LogP contribution is -2.26. The standard InChI is InChI=1S/C26H24N2O3/c1-31-20-11-9-16(10-12-20)18-14-23-25(24(30)15-18)26(17-5-4-6-19(29)13-17)28-22-8-3-2-7-21(22)27-23/h2-13,18,26-29H,14-15H2,1H3/t18-,26+/m0/s1. The number of Topliss-reactive ketones (excluding diaryl/α,β-unsaturated/α-hetero) is 1. The molecule has 156 valence electrons. The molecule has 2 atom stereocenters. The fourth-order valence-corrected chi connectivity index (χ4v) is 4.56. The highest BCUT2D eigenvalue weighted by molar-refractivity contribution is 6.01. The molecule has 2 aliphatic rings. The van der Waals surface area contributed by atoms with Crippen molar-refractivity contribution in [3.05, 3.63) is 95.2 Å². The summed E-state index contributed by atoms with van der Waals surface area (Å²) in [5, 5.41) is 17.1. The number of hydrogen-bond acceptors (Lipinski definition) is 5. The van der Waals surface area contributed by atoms with Gasteiger partial charge in [0.1, 0.15) is 11.5 Å². The van der Waals surface area contributed by atoms with E-state index in [1.165, 1.54) is 0 Å². The second-order valence-corrected chi connectivity index (χ2v) is 8.04. The molecule has 0 amide bonds. The second-order valence-electron chi connectivity index (χ2n) is 8.04. The van der Waals surface area contributed by atoms with E-state index in [2.05, 4.69) is 10.6 Å². The third kappa shape index (κ3) is 3.63. The molecular weight excluding hydrogens is 388 g/mol. The van der Waals surface area contributed by atoms with Crippen molar-refractivity contribution >= 4 is 17.2 Å². The lowest BCUT2D eigenvalue weighted by molar-refractivity contribution is -0.116. The molecule has 0 saturated heterocycles. The van der Waals surface area contributed by atoms with Gasteiger partial charge in [0.05, 0.1) is 24.5 Å². The fraction of sp³-hybridized carbons (Fsp3) is 0.192. The van der Waals surface area contributed by atoms with Gasteiger partial charge in [-0.3, -0.25) is 4.79 Å². The molecule has 1 heterocycles. The predicted molar refractivity (Wildman–Crippen MR) is 122 cm³/mol. The van der Waals surface area contributed by atoms with E-state index in [9.17, 15) is 9.90 Å². The summed E-state index contributed by atoms with van der Waals surface area (Å²) in [6, 6.07) is 22.7. The van der Waals surface area contributed by atoms with Gasteiger partial charge in [-0.05, 0) is 59.9 Å². The average molecular weight is 412 g/mol. The molecule has 0 fully saturated rings. The quantitative estimate of drug-likeness (QED) is 0.539. The number of phenolic OH excluding ortho intramolecular Hbond substituents is 1. The Bertz CT molecular complexity index is 1170. The summed E-state index contributed by atoms with van der Waals surface area (Å²) < 4.78 is 5.27. The Morgan fingerprint density at radius 3 is 2.42 bits per heavy atom. The lowest BCUT2D eigenvalue weighted by Gasteiger charge is -2.30. The molecule has 1 aliphatic carbocycles. The van der Waals surface area contributed by atoms with Crippen molar-refractivity contribution in [3.63, 3.8) is 0 Å². The first-order chi connectivity index (χ1) is 15.1. The van der Waals surface area contributed by atoms with Gasteiger partial charge in [0.15, 0.2) is 5.78 Å². The SMILES string of the molecule is COc1ccc([C@@H]2CC(=O)C3=C(C2)Nc2ccccc2N[C@@H]3c2cccc(O)c2)cc1. The van der Waals surface area contributed by atoms with Crippen molar-refractivity contribution in [1.82, 2.24) is 0 Å². The van der Waals surface area contributed by atoms with Gasteiger partial charge in [0, 0.05) is 17.7 Å². The largest absolute Gasteiger partial charge is 0.508 e. The molecule has 0 bridgehead atoms. The predicted octanol–water partition coefficient (Wildman–Crippen LogP) is 5.38. The Labute approximate surface area is 181 Å². The lowest BCUT2D eigenvalue weighted by atomic mass is 9.78. The highest BCUT2D eigenvalue weighted by Crippen LogP contribution is 2.44. The van der Waals surface area contributed by atoms with Crippen molar-refractivity contribution in [3.8, 4) is 11.5 Å². The summed E-state index contributed by atoms with van der Waals surface area (Å²) in [7, 11) is 1.65. The van der Waals surface area contributed by atoms with Crippen LogP contribution in [-0.4, -0.2) is 18.0 Å². The molecule has 5 nitrogen and oxygen atoms in total. The van der Waals surface area contributed by atoms with Crippen LogP contribution in [0.25, 0.3) is 0 Å². The monoisotopic (exact) mass is 412 g/mol. The van der Waals surface area contributed by atoms with E-state index >= 15 is 0 Å². The minimum absolute atomic E-state index is 0.0970. The minimum atomic E-state index is -0.331. The van der Waals surface area contributed by atoms with E-state index in [1.54, 1.807) is 19.2 Å². The fourth-order valence-electron chi connectivity index (χ4n) is 4.56. The Morgan fingerprint density at radius 1 is 0.903 bits per heavy atom. The van der Waals surface area contributed by atoms with Crippen LogP contribution >= 0.6 is 0 Å². The molecule has 31 heavy (non-hydrogen) atoms. The van der Waals surface area contributed by atoms with Crippen LogP contribution in [0.3, 0.4) is 0 Å². The molecule has 5 heteroatoms. The Morgan fingerprint density at radius 2 is 1.68 bits per heavy atom. The summed E-state index contributed by atoms with van der Waals surface area (Å²) in [5.41, 5.74) is 5.54. The van der Waals surface area contributed by atoms with Crippen molar-refractivity contribution in [2.75, 3.05) is 17.7 Å². The van der Waals surface area contributed by atoms with Crippen molar-refractivity contribution in [2.45, 2.75) is 24.8 Å². The van der Waals surface area contributed by atoms with Crippen LogP contribution in [0, 0.1) is 0 Å². The van der Waals surface area contributed by atoms with E-state index < -0.39 is 0 Å². The highest BCUT2D eigenvalue weighted by atomic mass is 16.5. The van der Waals surface area contributed by atoms with E-state index in [4.69, 9.17) is 4.74 Å². The van der Waals surface area contributed by atoms with E-state index in [1.807, 2.05) is 60.7 Å². The number of anilines is 2. The zero-order valence-corrected chi connectivity index (χ0v) is 17.3. The number of ether oxygens (including phenoxy) is 1. The summed E-state index contributed by atoms with van der Waals surface area (Å²) >= 11 is 0. The van der Waals surface area contributed by atoms with Crippen LogP contribution in [0.1, 0.15) is 35.9 Å². The number of para-hydroxylation sites is 2. The number of ketones is 1. The minimum Gasteiger partial charge on any atom is -0.508 e. The summed E-state index contributed by atoms with van der Waals surface area (Å²) in [4.78, 5) is 13.5. The molecule has 0 spiro atoms. The molecule has 0 saturated carbocycles. The van der Waals surface area contributed by atoms with E-state index in [0.717, 1.165) is 45.9 Å². The molecule has 0 aromatic heterocycles. The smallest absolute Gasteiger partial charge is 0.163 e. The van der Waals surface area contributed by atoms with E-state index in [-0.39, 0.29) is 23.5 Å². The van der Waals surface area contributed by atoms with Gasteiger partial charge >= 0.3 is 0 Å². The maximum atomic E-state index is 13.5. The maximum Gasteiger partial charge on any atom is 0.163 e. The summed E-state index contributed by atoms with van der Waals surface area (Å²) in [6.07, 6.45) is 1.18. The molecule has 3 N–H and O–H groups in total. The van der Waals surface area contributed by atoms with Crippen LogP contribution in [0.5, 0.6) is 11.5 Å². The van der Waals surface area contributed by atoms with Crippen LogP contribution in [0.4, 0.5) is 11.4 Å². The van der Waals surface area contributed by atoms with Gasteiger partial charge in [-0.1, -0.05) is 36.4 Å². The second kappa shape index (κ2) is 7.84. The number of nitrogens with one attached hydrogen (secondary N) is 2. The van der Waals surface area contributed by atoms with Crippen LogP contribution in [0.15, 0.2) is 84.1 Å². The first-order valence-corrected chi connectivity index (χ1v) is 10.4. The van der Waals surface area contributed by atoms with Crippen LogP contribution < -0.4 is 15.4 Å². The Kier molecular flexibility index (Phi) is 4.86. The third-order valence-corrected chi connectivity index (χ3v) is 6.10. The van der Waals surface area contributed by atoms with Gasteiger partial charge < -0.3 is 20.5 Å². The number of aromatic hydroxyl groups is 1. The number of phenols is 1. The number of allylic oxidation sites excluding steroid dienone is 1. The van der Waals surface area contributed by atoms with Gasteiger partial charge in [-0.2, -0.15) is 0 Å². The third-order valence-electron chi connectivity index (χ3n) is 6.10. The number of carbonyl (C=O) groups is 1. The molecule has 0 unspecified atom stereocenters. The van der Waals surface area contributed by atoms with Gasteiger partial charge in [0.25, 0.3) is 0 Å². The Balaban J connectivity index is 1.58. The first-order valence-electron chi connectivity index (χ1n) is 10.4. The zero-order chi connectivity index (χ0) is 21.4. The van der Waals surface area contributed by atoms with Gasteiger partial charge in [-0.15, -0.1) is 0 Å². The number of benzene rings is 3. The highest BCUT2D eigenvalue weighted by Gasteiger charge is 2.36. The van der Waals surface area contributed by atoms with Crippen LogP contribution in [-0.2, 0) is 4.79 Å². The number of fused-ring (bicyclic) bond motifs is 1. The zero-order valence-electron chi connectivity index (χ0n) is 17.3. The number of carbonyl (C=O) groups excluding carboxylic acids is 1. The van der Waals surface area contributed by atoms with Crippen molar-refractivity contribution < 1.29 is 14.6 Å². The van der Waals surface area contributed by atoms with Crippen molar-refractivity contribution in [2.24, 2.45) is 0 Å². The molecule has 5 rings (SSSR count). The van der Waals surface area contributed by atoms with Gasteiger partial charge in [-0.25, -0.2) is 0 Å². The molecule has 3 aromatic rings. The molecule has 3 aromatic carbocycles. The van der Waals surface area contributed by atoms with Crippen LogP contribution in [0.2, 0.25) is 0 Å². The molecule has 0 radical (unpaired) electrons. The maximum absolute atomic E-state index is 13.5. The van der Waals surface area contributed by atoms with Gasteiger partial charge in [0.2, 0.25) is 0 Å². The van der Waals surface area contributed by atoms with E-state index in [0.29, 0.717) is 6.42 Å². The normalized spacial score (nSPS) is 20.1. The first kappa shape index (κ1) is 19.2. The van der Waals surface area contributed by atoms with Crippen molar-refractivity contribution in [1.29, 1.82) is 0 Å². The Hall–Kier alpha value is -3.73. The summed E-state index contributed by atoms with van der Waals surface area (Å²) in [6.45, 7) is 0.